The van der Waals surface area contributed by atoms with Crippen molar-refractivity contribution in [3.05, 3.63) is 12.2 Å². The molecule has 1 saturated carbocycles. The second-order valence-corrected chi connectivity index (χ2v) is 13.5. The third-order valence-corrected chi connectivity index (χ3v) is 11.0. The average Bonchev–Trinajstić information content (AvgIpc) is 3.11. The minimum Gasteiger partial charge on any atom is -0.415 e. The summed E-state index contributed by atoms with van der Waals surface area (Å²) < 4.78 is 6.40. The molecule has 0 aromatic rings. The van der Waals surface area contributed by atoms with Crippen LogP contribution < -0.4 is 0 Å². The fraction of sp³-hybridized carbons (Fsp3) is 0.765. The minimum atomic E-state index is -1.87. The lowest BCUT2D eigenvalue weighted by molar-refractivity contribution is -0.128. The number of nitrogens with zero attached hydrogens (tertiary/aromatic N) is 1. The molecule has 1 saturated heterocycles. The lowest BCUT2D eigenvalue weighted by Crippen LogP contribution is -2.48. The molecule has 0 spiro atoms. The molecule has 0 aromatic heterocycles. The third-order valence-electron chi connectivity index (χ3n) is 6.50. The Bertz CT molecular complexity index is 542. The van der Waals surface area contributed by atoms with Gasteiger partial charge in [0.2, 0.25) is 5.91 Å². The normalized spacial score (nSPS) is 35.8. The monoisotopic (exact) mass is 332 g/mol. The van der Waals surface area contributed by atoms with Crippen LogP contribution in [0, 0.1) is 23.7 Å². The molecular formula is C17H27BNO3Si. The Hall–Kier alpha value is -0.878. The van der Waals surface area contributed by atoms with Crippen LogP contribution in [-0.2, 0) is 14.0 Å². The van der Waals surface area contributed by atoms with Crippen LogP contribution in [0.25, 0.3) is 0 Å². The Morgan fingerprint density at radius 1 is 1.35 bits per heavy atom. The second-order valence-electron chi connectivity index (χ2n) is 8.72. The highest BCUT2D eigenvalue weighted by atomic mass is 28.4. The van der Waals surface area contributed by atoms with Gasteiger partial charge in [0.15, 0.2) is 8.32 Å². The summed E-state index contributed by atoms with van der Waals surface area (Å²) in [5, 5.41) is 0.142. The smallest absolute Gasteiger partial charge is 0.331 e. The van der Waals surface area contributed by atoms with Crippen LogP contribution in [0.2, 0.25) is 18.1 Å². The lowest BCUT2D eigenvalue weighted by Gasteiger charge is -2.39. The minimum absolute atomic E-state index is 0.00627. The molecule has 6 heteroatoms. The summed E-state index contributed by atoms with van der Waals surface area (Å²) in [5.74, 6) is 1.29. The van der Waals surface area contributed by atoms with Gasteiger partial charge in [0.1, 0.15) is 6.19 Å². The van der Waals surface area contributed by atoms with Crippen LogP contribution >= 0.6 is 0 Å². The molecule has 3 aliphatic rings. The van der Waals surface area contributed by atoms with Crippen molar-refractivity contribution >= 4 is 27.8 Å². The van der Waals surface area contributed by atoms with Crippen molar-refractivity contribution in [2.45, 2.75) is 51.4 Å². The van der Waals surface area contributed by atoms with Gasteiger partial charge in [-0.2, -0.15) is 0 Å². The van der Waals surface area contributed by atoms with Crippen molar-refractivity contribution in [3.63, 3.8) is 0 Å². The highest BCUT2D eigenvalue weighted by Gasteiger charge is 2.59. The molecule has 5 atom stereocenters. The molecule has 0 aromatic carbocycles. The number of rotatable bonds is 5. The first-order valence-electron chi connectivity index (χ1n) is 8.60. The van der Waals surface area contributed by atoms with Gasteiger partial charge in [-0.15, -0.1) is 0 Å². The van der Waals surface area contributed by atoms with E-state index in [2.05, 4.69) is 46.0 Å². The van der Waals surface area contributed by atoms with Crippen molar-refractivity contribution in [1.82, 2.24) is 4.81 Å². The number of carbonyl (C=O) groups is 2. The van der Waals surface area contributed by atoms with Crippen molar-refractivity contribution in [3.8, 4) is 0 Å². The Balaban J connectivity index is 1.79. The van der Waals surface area contributed by atoms with E-state index >= 15 is 0 Å². The van der Waals surface area contributed by atoms with Gasteiger partial charge in [-0.25, -0.2) is 0 Å². The van der Waals surface area contributed by atoms with Crippen molar-refractivity contribution in [1.29, 1.82) is 0 Å². The number of carbonyl (C=O) groups excluding carboxylic acids is 2. The summed E-state index contributed by atoms with van der Waals surface area (Å²) in [7, 11) is -0.454. The zero-order valence-corrected chi connectivity index (χ0v) is 15.8. The van der Waals surface area contributed by atoms with Crippen LogP contribution in [0.15, 0.2) is 12.2 Å². The highest BCUT2D eigenvalue weighted by Crippen LogP contribution is 2.54. The Morgan fingerprint density at radius 2 is 2.00 bits per heavy atom. The van der Waals surface area contributed by atoms with Gasteiger partial charge in [-0.3, -0.25) is 4.79 Å². The highest BCUT2D eigenvalue weighted by molar-refractivity contribution is 6.74. The average molecular weight is 332 g/mol. The maximum atomic E-state index is 12.8. The number of fused-ring (bicyclic) bond motifs is 5. The SMILES string of the molecule is CC(C)(C)[Si](C)(C)OCC1C2C3C=CC(C3)C2C(=O)N1[B]C=O. The topological polar surface area (TPSA) is 46.6 Å². The first-order valence-corrected chi connectivity index (χ1v) is 11.5. The molecule has 1 heterocycles. The molecule has 2 fully saturated rings. The summed E-state index contributed by atoms with van der Waals surface area (Å²) in [5.41, 5.74) is 0. The summed E-state index contributed by atoms with van der Waals surface area (Å²) >= 11 is 0. The molecule has 23 heavy (non-hydrogen) atoms. The Morgan fingerprint density at radius 3 is 2.61 bits per heavy atom. The van der Waals surface area contributed by atoms with E-state index < -0.39 is 8.32 Å². The lowest BCUT2D eigenvalue weighted by atomic mass is 9.81. The van der Waals surface area contributed by atoms with Crippen LogP contribution in [0.1, 0.15) is 27.2 Å². The van der Waals surface area contributed by atoms with Crippen molar-refractivity contribution in [2.24, 2.45) is 23.7 Å². The van der Waals surface area contributed by atoms with E-state index in [4.69, 9.17) is 4.43 Å². The summed E-state index contributed by atoms with van der Waals surface area (Å²) in [6.45, 7) is 11.7. The number of allylic oxidation sites excluding steroid dienone is 2. The van der Waals surface area contributed by atoms with E-state index in [1.165, 1.54) is 7.41 Å². The van der Waals surface area contributed by atoms with E-state index in [9.17, 15) is 9.59 Å². The fourth-order valence-corrected chi connectivity index (χ4v) is 5.23. The number of hydrogen-bond acceptors (Lipinski definition) is 3. The molecular weight excluding hydrogens is 305 g/mol. The van der Waals surface area contributed by atoms with Gasteiger partial charge in [-0.1, -0.05) is 32.9 Å². The Labute approximate surface area is 141 Å². The quantitative estimate of drug-likeness (QED) is 0.441. The Kier molecular flexibility index (Phi) is 4.12. The maximum Gasteiger partial charge on any atom is 0.331 e. The van der Waals surface area contributed by atoms with Crippen LogP contribution in [0.3, 0.4) is 0 Å². The predicted molar refractivity (Wildman–Crippen MR) is 94.0 cm³/mol. The summed E-state index contributed by atoms with van der Waals surface area (Å²) in [6.07, 6.45) is 6.28. The maximum absolute atomic E-state index is 12.8. The van der Waals surface area contributed by atoms with Crippen LogP contribution in [-0.4, -0.2) is 45.3 Å². The van der Waals surface area contributed by atoms with E-state index in [0.717, 1.165) is 12.6 Å². The van der Waals surface area contributed by atoms with Gasteiger partial charge in [0.05, 0.1) is 6.61 Å². The van der Waals surface area contributed by atoms with Gasteiger partial charge >= 0.3 is 7.41 Å². The largest absolute Gasteiger partial charge is 0.415 e. The molecule has 3 rings (SSSR count). The first-order chi connectivity index (χ1) is 10.7. The van der Waals surface area contributed by atoms with E-state index in [-0.39, 0.29) is 22.9 Å². The van der Waals surface area contributed by atoms with E-state index in [1.807, 2.05) is 0 Å². The molecule has 1 amide bonds. The predicted octanol–water partition coefficient (Wildman–Crippen LogP) is 2.47. The van der Waals surface area contributed by atoms with E-state index in [0.29, 0.717) is 24.4 Å². The number of hydrogen-bond donors (Lipinski definition) is 0. The summed E-state index contributed by atoms with van der Waals surface area (Å²) in [4.78, 5) is 25.4. The standard InChI is InChI=1S/C17H27BNO3Si/c1-17(2,3)23(4,5)22-9-13-14-11-6-7-12(8-11)15(14)16(21)19(13)18-10-20/h6-7,10-15H,8-9H2,1-5H3. The van der Waals surface area contributed by atoms with E-state index in [1.54, 1.807) is 4.81 Å². The summed E-state index contributed by atoms with van der Waals surface area (Å²) in [6, 6.07) is 0.00627. The zero-order valence-electron chi connectivity index (χ0n) is 14.8. The molecule has 0 N–H and O–H groups in total. The second kappa shape index (κ2) is 5.59. The molecule has 1 aliphatic heterocycles. The van der Waals surface area contributed by atoms with Crippen LogP contribution in [0.5, 0.6) is 0 Å². The number of amides is 1. The van der Waals surface area contributed by atoms with Crippen LogP contribution in [0.4, 0.5) is 0 Å². The molecule has 2 bridgehead atoms. The van der Waals surface area contributed by atoms with Gasteiger partial charge < -0.3 is 14.0 Å². The molecule has 5 unspecified atom stereocenters. The third kappa shape index (κ3) is 2.64. The molecule has 2 aliphatic carbocycles. The first kappa shape index (κ1) is 17.0. The van der Waals surface area contributed by atoms with Gasteiger partial charge in [-0.05, 0) is 42.3 Å². The van der Waals surface area contributed by atoms with Crippen molar-refractivity contribution in [2.75, 3.05) is 6.61 Å². The van der Waals surface area contributed by atoms with Gasteiger partial charge in [0, 0.05) is 12.0 Å². The molecule has 4 nitrogen and oxygen atoms in total. The van der Waals surface area contributed by atoms with Crippen molar-refractivity contribution < 1.29 is 14.0 Å². The molecule has 125 valence electrons. The fourth-order valence-electron chi connectivity index (χ4n) is 4.21. The zero-order chi connectivity index (χ0) is 17.0. The van der Waals surface area contributed by atoms with Gasteiger partial charge in [0.25, 0.3) is 0 Å². The molecule has 1 radical (unpaired) electrons.